The van der Waals surface area contributed by atoms with Crippen LogP contribution in [0.3, 0.4) is 0 Å². The number of hydrogen-bond donors (Lipinski definition) is 2. The quantitative estimate of drug-likeness (QED) is 0.754. The number of sulfonamides is 1. The SMILES string of the molecule is CCCN(CCC)S(=O)(=O)c1ccc(NC(N)=S)cc1. The number of nitrogens with one attached hydrogen (secondary N) is 1. The number of nitrogens with zero attached hydrogens (tertiary/aromatic N) is 1. The number of thiocarbonyl (C=S) groups is 1. The number of nitrogens with two attached hydrogens (primary N) is 1. The molecule has 0 aliphatic rings. The molecule has 0 saturated heterocycles. The summed E-state index contributed by atoms with van der Waals surface area (Å²) >= 11 is 4.73. The van der Waals surface area contributed by atoms with Crippen molar-refractivity contribution in [3.63, 3.8) is 0 Å². The van der Waals surface area contributed by atoms with Gasteiger partial charge in [-0.05, 0) is 49.3 Å². The number of benzene rings is 1. The molecule has 0 amide bonds. The minimum absolute atomic E-state index is 0.152. The van der Waals surface area contributed by atoms with Crippen LogP contribution < -0.4 is 11.1 Å². The van der Waals surface area contributed by atoms with Crippen LogP contribution in [0.25, 0.3) is 0 Å². The van der Waals surface area contributed by atoms with Crippen molar-refractivity contribution in [2.45, 2.75) is 31.6 Å². The van der Waals surface area contributed by atoms with Gasteiger partial charge in [-0.25, -0.2) is 8.42 Å². The highest BCUT2D eigenvalue weighted by Gasteiger charge is 2.22. The molecule has 0 heterocycles. The van der Waals surface area contributed by atoms with E-state index in [0.717, 1.165) is 12.8 Å². The number of hydrogen-bond acceptors (Lipinski definition) is 3. The predicted molar refractivity (Wildman–Crippen MR) is 86.2 cm³/mol. The first kappa shape index (κ1) is 16.9. The first-order valence-electron chi connectivity index (χ1n) is 6.58. The molecule has 0 saturated carbocycles. The zero-order valence-electron chi connectivity index (χ0n) is 11.8. The fraction of sp³-hybridized carbons (Fsp3) is 0.462. The van der Waals surface area contributed by atoms with Crippen molar-refractivity contribution < 1.29 is 8.42 Å². The smallest absolute Gasteiger partial charge is 0.243 e. The van der Waals surface area contributed by atoms with Crippen molar-refractivity contribution in [1.29, 1.82) is 0 Å². The second-order valence-electron chi connectivity index (χ2n) is 4.42. The van der Waals surface area contributed by atoms with Crippen molar-refractivity contribution in [1.82, 2.24) is 4.31 Å². The second-order valence-corrected chi connectivity index (χ2v) is 6.80. The Hall–Kier alpha value is -1.18. The topological polar surface area (TPSA) is 75.4 Å². The van der Waals surface area contributed by atoms with Crippen LogP contribution >= 0.6 is 12.2 Å². The molecule has 0 bridgehead atoms. The summed E-state index contributed by atoms with van der Waals surface area (Å²) in [6, 6.07) is 6.44. The minimum atomic E-state index is -3.43. The van der Waals surface area contributed by atoms with Gasteiger partial charge in [0.15, 0.2) is 5.11 Å². The summed E-state index contributed by atoms with van der Waals surface area (Å²) in [6.07, 6.45) is 1.58. The average molecular weight is 315 g/mol. The summed E-state index contributed by atoms with van der Waals surface area (Å²) in [5, 5.41) is 2.92. The van der Waals surface area contributed by atoms with Gasteiger partial charge in [0.05, 0.1) is 4.90 Å². The van der Waals surface area contributed by atoms with Crippen LogP contribution in [-0.4, -0.2) is 30.9 Å². The predicted octanol–water partition coefficient (Wildman–Crippen LogP) is 2.15. The van der Waals surface area contributed by atoms with E-state index in [9.17, 15) is 8.42 Å². The van der Waals surface area contributed by atoms with Gasteiger partial charge in [-0.1, -0.05) is 13.8 Å². The Labute approximate surface area is 126 Å². The lowest BCUT2D eigenvalue weighted by atomic mass is 10.3. The maximum atomic E-state index is 12.5. The van der Waals surface area contributed by atoms with Gasteiger partial charge in [-0.3, -0.25) is 0 Å². The molecule has 0 radical (unpaired) electrons. The minimum Gasteiger partial charge on any atom is -0.376 e. The summed E-state index contributed by atoms with van der Waals surface area (Å²) < 4.78 is 26.5. The van der Waals surface area contributed by atoms with Crippen LogP contribution in [0.1, 0.15) is 26.7 Å². The van der Waals surface area contributed by atoms with E-state index in [1.165, 1.54) is 4.31 Å². The molecule has 0 aliphatic carbocycles. The molecule has 0 fully saturated rings. The molecule has 112 valence electrons. The van der Waals surface area contributed by atoms with E-state index in [1.807, 2.05) is 13.8 Å². The van der Waals surface area contributed by atoms with E-state index in [-0.39, 0.29) is 10.0 Å². The Morgan fingerprint density at radius 2 is 1.70 bits per heavy atom. The standard InChI is InChI=1S/C13H21N3O2S2/c1-3-9-16(10-4-2)20(17,18)12-7-5-11(6-8-12)15-13(14)19/h5-8H,3-4,9-10H2,1-2H3,(H3,14,15,19). The molecule has 0 spiro atoms. The zero-order chi connectivity index (χ0) is 15.2. The third kappa shape index (κ3) is 4.43. The van der Waals surface area contributed by atoms with E-state index in [1.54, 1.807) is 24.3 Å². The fourth-order valence-electron chi connectivity index (χ4n) is 1.85. The summed E-state index contributed by atoms with van der Waals surface area (Å²) in [5.74, 6) is 0. The maximum Gasteiger partial charge on any atom is 0.243 e. The molecule has 0 aliphatic heterocycles. The van der Waals surface area contributed by atoms with E-state index in [4.69, 9.17) is 18.0 Å². The zero-order valence-corrected chi connectivity index (χ0v) is 13.4. The second kappa shape index (κ2) is 7.56. The Morgan fingerprint density at radius 1 is 1.20 bits per heavy atom. The molecule has 1 aromatic carbocycles. The Kier molecular flexibility index (Phi) is 6.38. The highest BCUT2D eigenvalue weighted by Crippen LogP contribution is 2.19. The molecule has 3 N–H and O–H groups in total. The van der Waals surface area contributed by atoms with Crippen LogP contribution in [0.15, 0.2) is 29.2 Å². The molecule has 20 heavy (non-hydrogen) atoms. The van der Waals surface area contributed by atoms with Gasteiger partial charge in [-0.15, -0.1) is 0 Å². The third-order valence-electron chi connectivity index (χ3n) is 2.71. The van der Waals surface area contributed by atoms with Crippen molar-refractivity contribution in [3.8, 4) is 0 Å². The van der Waals surface area contributed by atoms with Gasteiger partial charge >= 0.3 is 0 Å². The molecule has 0 unspecified atom stereocenters. The van der Waals surface area contributed by atoms with Gasteiger partial charge in [-0.2, -0.15) is 4.31 Å². The van der Waals surface area contributed by atoms with Crippen LogP contribution in [0.5, 0.6) is 0 Å². The van der Waals surface area contributed by atoms with Gasteiger partial charge in [0.25, 0.3) is 0 Å². The fourth-order valence-corrected chi connectivity index (χ4v) is 3.59. The molecule has 1 rings (SSSR count). The van der Waals surface area contributed by atoms with Crippen molar-refractivity contribution in [2.24, 2.45) is 5.73 Å². The molecule has 5 nitrogen and oxygen atoms in total. The van der Waals surface area contributed by atoms with Crippen molar-refractivity contribution in [2.75, 3.05) is 18.4 Å². The highest BCUT2D eigenvalue weighted by atomic mass is 32.2. The lowest BCUT2D eigenvalue weighted by Crippen LogP contribution is -2.32. The molecule has 7 heteroatoms. The molecular weight excluding hydrogens is 294 g/mol. The number of rotatable bonds is 7. The maximum absolute atomic E-state index is 12.5. The third-order valence-corrected chi connectivity index (χ3v) is 4.72. The monoisotopic (exact) mass is 315 g/mol. The van der Waals surface area contributed by atoms with Gasteiger partial charge in [0.1, 0.15) is 0 Å². The summed E-state index contributed by atoms with van der Waals surface area (Å²) in [7, 11) is -3.43. The lowest BCUT2D eigenvalue weighted by Gasteiger charge is -2.21. The van der Waals surface area contributed by atoms with E-state index < -0.39 is 10.0 Å². The molecule has 0 aromatic heterocycles. The summed E-state index contributed by atoms with van der Waals surface area (Å²) in [6.45, 7) is 4.99. The van der Waals surface area contributed by atoms with Gasteiger partial charge < -0.3 is 11.1 Å². The first-order chi connectivity index (χ1) is 9.41. The summed E-state index contributed by atoms with van der Waals surface area (Å²) in [5.41, 5.74) is 6.04. The van der Waals surface area contributed by atoms with Crippen LogP contribution in [0.4, 0.5) is 5.69 Å². The molecule has 1 aromatic rings. The van der Waals surface area contributed by atoms with E-state index >= 15 is 0 Å². The number of anilines is 1. The van der Waals surface area contributed by atoms with Crippen LogP contribution in [-0.2, 0) is 10.0 Å². The van der Waals surface area contributed by atoms with E-state index in [0.29, 0.717) is 18.8 Å². The lowest BCUT2D eigenvalue weighted by molar-refractivity contribution is 0.410. The van der Waals surface area contributed by atoms with E-state index in [2.05, 4.69) is 5.32 Å². The highest BCUT2D eigenvalue weighted by molar-refractivity contribution is 7.89. The van der Waals surface area contributed by atoms with Crippen molar-refractivity contribution >= 4 is 33.0 Å². The Morgan fingerprint density at radius 3 is 2.10 bits per heavy atom. The Balaban J connectivity index is 2.98. The summed E-state index contributed by atoms with van der Waals surface area (Å²) in [4.78, 5) is 0.285. The van der Waals surface area contributed by atoms with Gasteiger partial charge in [0, 0.05) is 18.8 Å². The van der Waals surface area contributed by atoms with Crippen LogP contribution in [0.2, 0.25) is 0 Å². The van der Waals surface area contributed by atoms with Gasteiger partial charge in [0.2, 0.25) is 10.0 Å². The van der Waals surface area contributed by atoms with Crippen LogP contribution in [0, 0.1) is 0 Å². The largest absolute Gasteiger partial charge is 0.376 e. The van der Waals surface area contributed by atoms with Crippen molar-refractivity contribution in [3.05, 3.63) is 24.3 Å². The molecular formula is C13H21N3O2S2. The Bertz CT molecular complexity index is 535. The molecule has 0 atom stereocenters. The average Bonchev–Trinajstić information content (AvgIpc) is 2.38. The normalized spacial score (nSPS) is 11.6. The first-order valence-corrected chi connectivity index (χ1v) is 8.43.